The lowest BCUT2D eigenvalue weighted by Crippen LogP contribution is -2.26. The molecular formula is C12H18FN3OS. The molecule has 1 amide bonds. The van der Waals surface area contributed by atoms with E-state index in [0.717, 1.165) is 12.2 Å². The van der Waals surface area contributed by atoms with Crippen molar-refractivity contribution >= 4 is 23.5 Å². The van der Waals surface area contributed by atoms with E-state index in [1.807, 2.05) is 13.2 Å². The Morgan fingerprint density at radius 1 is 1.56 bits per heavy atom. The third-order valence-electron chi connectivity index (χ3n) is 2.29. The topological polar surface area (TPSA) is 54.0 Å². The number of halogens is 1. The van der Waals surface area contributed by atoms with Crippen LogP contribution in [0.2, 0.25) is 0 Å². The summed E-state index contributed by atoms with van der Waals surface area (Å²) < 4.78 is 13.9. The number of hydrogen-bond acceptors (Lipinski definition) is 4. The molecule has 0 aromatic carbocycles. The summed E-state index contributed by atoms with van der Waals surface area (Å²) in [5, 5.41) is 5.47. The van der Waals surface area contributed by atoms with Gasteiger partial charge >= 0.3 is 0 Å². The lowest BCUT2D eigenvalue weighted by Gasteiger charge is -2.08. The molecule has 1 aromatic rings. The Balaban J connectivity index is 2.64. The number of aromatic nitrogens is 1. The van der Waals surface area contributed by atoms with E-state index >= 15 is 0 Å². The largest absolute Gasteiger partial charge is 0.368 e. The molecule has 2 N–H and O–H groups in total. The molecule has 1 rings (SSSR count). The zero-order valence-electron chi connectivity index (χ0n) is 10.6. The molecule has 4 nitrogen and oxygen atoms in total. The molecule has 0 atom stereocenters. The monoisotopic (exact) mass is 271 g/mol. The fourth-order valence-corrected chi connectivity index (χ4v) is 1.86. The van der Waals surface area contributed by atoms with Crippen LogP contribution in [0.5, 0.6) is 0 Å². The van der Waals surface area contributed by atoms with Crippen LogP contribution in [0.3, 0.4) is 0 Å². The summed E-state index contributed by atoms with van der Waals surface area (Å²) in [5.74, 6) is 0.105. The molecule has 0 aliphatic rings. The van der Waals surface area contributed by atoms with Crippen LogP contribution in [0.4, 0.5) is 10.2 Å². The van der Waals surface area contributed by atoms with Crippen molar-refractivity contribution in [3.05, 3.63) is 23.6 Å². The maximum absolute atomic E-state index is 13.9. The van der Waals surface area contributed by atoms with E-state index < -0.39 is 11.7 Å². The van der Waals surface area contributed by atoms with Crippen molar-refractivity contribution in [2.45, 2.75) is 13.3 Å². The summed E-state index contributed by atoms with van der Waals surface area (Å²) in [5.41, 5.74) is 0.0325. The summed E-state index contributed by atoms with van der Waals surface area (Å²) in [7, 11) is 0. The molecule has 0 radical (unpaired) electrons. The van der Waals surface area contributed by atoms with E-state index in [2.05, 4.69) is 15.6 Å². The van der Waals surface area contributed by atoms with Crippen molar-refractivity contribution in [3.63, 3.8) is 0 Å². The Hall–Kier alpha value is -1.30. The predicted molar refractivity (Wildman–Crippen MR) is 73.7 cm³/mol. The van der Waals surface area contributed by atoms with Gasteiger partial charge < -0.3 is 10.6 Å². The van der Waals surface area contributed by atoms with Gasteiger partial charge in [0.2, 0.25) is 0 Å². The molecule has 1 heterocycles. The number of nitrogens with one attached hydrogen (secondary N) is 2. The lowest BCUT2D eigenvalue weighted by atomic mass is 10.2. The number of pyridine rings is 1. The third-order valence-corrected chi connectivity index (χ3v) is 2.99. The SMILES string of the molecule is CCNc1nccc(C(=O)NCCCSC)c1F. The highest BCUT2D eigenvalue weighted by Gasteiger charge is 2.14. The Kier molecular flexibility index (Phi) is 6.49. The maximum Gasteiger partial charge on any atom is 0.254 e. The Morgan fingerprint density at radius 3 is 3.00 bits per heavy atom. The summed E-state index contributed by atoms with van der Waals surface area (Å²) in [6.45, 7) is 2.96. The Bertz CT molecular complexity index is 401. The standard InChI is InChI=1S/C12H18FN3OS/c1-3-14-11-10(13)9(5-7-15-11)12(17)16-6-4-8-18-2/h5,7H,3-4,6,8H2,1-2H3,(H,14,15)(H,16,17). The number of amides is 1. The highest BCUT2D eigenvalue weighted by Crippen LogP contribution is 2.14. The van der Waals surface area contributed by atoms with Gasteiger partial charge in [-0.2, -0.15) is 11.8 Å². The third kappa shape index (κ3) is 4.18. The molecule has 0 aliphatic heterocycles. The highest BCUT2D eigenvalue weighted by molar-refractivity contribution is 7.98. The van der Waals surface area contributed by atoms with E-state index in [9.17, 15) is 9.18 Å². The number of rotatable bonds is 7. The molecular weight excluding hydrogens is 253 g/mol. The van der Waals surface area contributed by atoms with Crippen LogP contribution in [0.15, 0.2) is 12.3 Å². The second-order valence-corrected chi connectivity index (χ2v) is 4.64. The van der Waals surface area contributed by atoms with Crippen LogP contribution >= 0.6 is 11.8 Å². The fraction of sp³-hybridized carbons (Fsp3) is 0.500. The van der Waals surface area contributed by atoms with E-state index in [1.165, 1.54) is 12.3 Å². The first kappa shape index (κ1) is 14.8. The predicted octanol–water partition coefficient (Wildman–Crippen LogP) is 2.14. The molecule has 0 unspecified atom stereocenters. The Labute approximate surface area is 111 Å². The van der Waals surface area contributed by atoms with Crippen molar-refractivity contribution in [1.82, 2.24) is 10.3 Å². The van der Waals surface area contributed by atoms with Gasteiger partial charge in [0.15, 0.2) is 11.6 Å². The normalized spacial score (nSPS) is 10.2. The van der Waals surface area contributed by atoms with Crippen LogP contribution in [0, 0.1) is 5.82 Å². The van der Waals surface area contributed by atoms with Gasteiger partial charge in [-0.05, 0) is 31.4 Å². The molecule has 0 saturated carbocycles. The maximum atomic E-state index is 13.9. The summed E-state index contributed by atoms with van der Waals surface area (Å²) >= 11 is 1.72. The van der Waals surface area contributed by atoms with E-state index in [0.29, 0.717) is 13.1 Å². The van der Waals surface area contributed by atoms with Crippen molar-refractivity contribution in [2.75, 3.05) is 30.4 Å². The fourth-order valence-electron chi connectivity index (χ4n) is 1.42. The molecule has 0 saturated heterocycles. The summed E-state index contributed by atoms with van der Waals surface area (Å²) in [6.07, 6.45) is 4.31. The number of carbonyl (C=O) groups is 1. The number of thioether (sulfide) groups is 1. The second-order valence-electron chi connectivity index (χ2n) is 3.65. The van der Waals surface area contributed by atoms with Crippen molar-refractivity contribution < 1.29 is 9.18 Å². The first-order chi connectivity index (χ1) is 8.70. The minimum atomic E-state index is -0.596. The lowest BCUT2D eigenvalue weighted by molar-refractivity contribution is 0.0949. The quantitative estimate of drug-likeness (QED) is 0.746. The first-order valence-corrected chi connectivity index (χ1v) is 7.25. The minimum absolute atomic E-state index is 0.0325. The van der Waals surface area contributed by atoms with Crippen molar-refractivity contribution in [3.8, 4) is 0 Å². The molecule has 6 heteroatoms. The van der Waals surface area contributed by atoms with Crippen LogP contribution in [0.25, 0.3) is 0 Å². The molecule has 1 aromatic heterocycles. The highest BCUT2D eigenvalue weighted by atomic mass is 32.2. The van der Waals surface area contributed by atoms with Gasteiger partial charge in [-0.15, -0.1) is 0 Å². The summed E-state index contributed by atoms with van der Waals surface area (Å²) in [6, 6.07) is 1.39. The van der Waals surface area contributed by atoms with Crippen LogP contribution in [-0.4, -0.2) is 36.0 Å². The van der Waals surface area contributed by atoms with Gasteiger partial charge in [0, 0.05) is 19.3 Å². The molecule has 18 heavy (non-hydrogen) atoms. The summed E-state index contributed by atoms with van der Waals surface area (Å²) in [4.78, 5) is 15.6. The Morgan fingerprint density at radius 2 is 2.33 bits per heavy atom. The minimum Gasteiger partial charge on any atom is -0.368 e. The van der Waals surface area contributed by atoms with Crippen LogP contribution < -0.4 is 10.6 Å². The van der Waals surface area contributed by atoms with Crippen LogP contribution in [-0.2, 0) is 0 Å². The second kappa shape index (κ2) is 7.92. The molecule has 0 aliphatic carbocycles. The van der Waals surface area contributed by atoms with Gasteiger partial charge in [0.25, 0.3) is 5.91 Å². The average molecular weight is 271 g/mol. The number of anilines is 1. The molecule has 100 valence electrons. The number of hydrogen-bond donors (Lipinski definition) is 2. The van der Waals surface area contributed by atoms with Gasteiger partial charge in [0.1, 0.15) is 0 Å². The zero-order chi connectivity index (χ0) is 13.4. The number of nitrogens with zero attached hydrogens (tertiary/aromatic N) is 1. The molecule has 0 bridgehead atoms. The average Bonchev–Trinajstić information content (AvgIpc) is 2.37. The molecule has 0 spiro atoms. The molecule has 0 fully saturated rings. The first-order valence-electron chi connectivity index (χ1n) is 5.86. The zero-order valence-corrected chi connectivity index (χ0v) is 11.4. The van der Waals surface area contributed by atoms with Gasteiger partial charge in [-0.3, -0.25) is 4.79 Å². The van der Waals surface area contributed by atoms with E-state index in [4.69, 9.17) is 0 Å². The van der Waals surface area contributed by atoms with Crippen molar-refractivity contribution in [1.29, 1.82) is 0 Å². The van der Waals surface area contributed by atoms with E-state index in [-0.39, 0.29) is 11.4 Å². The van der Waals surface area contributed by atoms with Gasteiger partial charge in [-0.1, -0.05) is 0 Å². The van der Waals surface area contributed by atoms with Crippen LogP contribution in [0.1, 0.15) is 23.7 Å². The smallest absolute Gasteiger partial charge is 0.254 e. The van der Waals surface area contributed by atoms with E-state index in [1.54, 1.807) is 11.8 Å². The van der Waals surface area contributed by atoms with Gasteiger partial charge in [0.05, 0.1) is 5.56 Å². The van der Waals surface area contributed by atoms with Crippen molar-refractivity contribution in [2.24, 2.45) is 0 Å². The number of carbonyl (C=O) groups excluding carboxylic acids is 1. The van der Waals surface area contributed by atoms with Gasteiger partial charge in [-0.25, -0.2) is 9.37 Å².